The van der Waals surface area contributed by atoms with E-state index in [0.717, 1.165) is 24.6 Å². The van der Waals surface area contributed by atoms with Gasteiger partial charge in [0.1, 0.15) is 5.82 Å². The van der Waals surface area contributed by atoms with Crippen molar-refractivity contribution in [2.45, 2.75) is 18.9 Å². The molecule has 0 saturated heterocycles. The Balaban J connectivity index is 2.34. The van der Waals surface area contributed by atoms with Crippen LogP contribution in [-0.4, -0.2) is 15.8 Å². The predicted molar refractivity (Wildman–Crippen MR) is 53.3 cm³/mol. The summed E-state index contributed by atoms with van der Waals surface area (Å²) in [4.78, 5) is 15.0. The Hall–Kier alpha value is -1.71. The van der Waals surface area contributed by atoms with Crippen molar-refractivity contribution in [2.75, 3.05) is 0 Å². The van der Waals surface area contributed by atoms with Crippen molar-refractivity contribution in [3.63, 3.8) is 0 Å². The van der Waals surface area contributed by atoms with Gasteiger partial charge in [-0.25, -0.2) is 9.37 Å². The van der Waals surface area contributed by atoms with E-state index in [1.165, 1.54) is 12.1 Å². The molecule has 3 nitrogen and oxygen atoms in total. The molecule has 1 aromatic heterocycles. The van der Waals surface area contributed by atoms with Gasteiger partial charge in [0.25, 0.3) is 0 Å². The molecule has 1 aromatic carbocycles. The van der Waals surface area contributed by atoms with Crippen molar-refractivity contribution in [3.05, 3.63) is 29.8 Å². The maximum absolute atomic E-state index is 13.1. The van der Waals surface area contributed by atoms with Gasteiger partial charge >= 0.3 is 0 Å². The first-order valence-corrected chi connectivity index (χ1v) is 4.92. The Bertz CT molecular complexity index is 543. The normalized spacial score (nSPS) is 15.8. The molecule has 0 bridgehead atoms. The molecule has 0 amide bonds. The molecule has 1 heterocycles. The van der Waals surface area contributed by atoms with E-state index in [9.17, 15) is 9.18 Å². The minimum atomic E-state index is -0.290. The summed E-state index contributed by atoms with van der Waals surface area (Å²) in [5.41, 5.74) is 1.41. The number of aromatic nitrogens is 2. The van der Waals surface area contributed by atoms with Crippen LogP contribution in [0.1, 0.15) is 29.5 Å². The molecule has 3 rings (SSSR count). The first-order chi connectivity index (χ1) is 7.29. The molecule has 0 aliphatic heterocycles. The van der Waals surface area contributed by atoms with Gasteiger partial charge < -0.3 is 4.57 Å². The number of hydrogen-bond donors (Lipinski definition) is 0. The molecule has 4 heteroatoms. The molecular formula is C11H9FN2O. The third kappa shape index (κ3) is 1.25. The second-order valence-electron chi connectivity index (χ2n) is 3.82. The number of carbonyl (C=O) groups is 1. The lowest BCUT2D eigenvalue weighted by Crippen LogP contribution is -1.99. The molecule has 1 saturated carbocycles. The number of benzene rings is 1. The fourth-order valence-corrected chi connectivity index (χ4v) is 1.88. The van der Waals surface area contributed by atoms with E-state index in [0.29, 0.717) is 17.4 Å². The van der Waals surface area contributed by atoms with E-state index in [1.54, 1.807) is 6.07 Å². The van der Waals surface area contributed by atoms with Crippen LogP contribution >= 0.6 is 0 Å². The molecule has 1 fully saturated rings. The summed E-state index contributed by atoms with van der Waals surface area (Å²) in [5, 5.41) is 0. The second-order valence-corrected chi connectivity index (χ2v) is 3.82. The number of rotatable bonds is 2. The van der Waals surface area contributed by atoms with E-state index >= 15 is 0 Å². The Kier molecular flexibility index (Phi) is 1.65. The SMILES string of the molecule is O=Cc1nc2ccc(F)cc2n1C1CC1. The lowest BCUT2D eigenvalue weighted by molar-refractivity contribution is 0.111. The smallest absolute Gasteiger partial charge is 0.185 e. The number of hydrogen-bond acceptors (Lipinski definition) is 2. The lowest BCUT2D eigenvalue weighted by atomic mass is 10.3. The molecule has 2 aromatic rings. The number of carbonyl (C=O) groups excluding carboxylic acids is 1. The molecule has 0 unspecified atom stereocenters. The third-order valence-corrected chi connectivity index (χ3v) is 2.70. The molecule has 0 spiro atoms. The zero-order valence-corrected chi connectivity index (χ0v) is 7.98. The van der Waals surface area contributed by atoms with Crippen molar-refractivity contribution in [3.8, 4) is 0 Å². The fourth-order valence-electron chi connectivity index (χ4n) is 1.88. The molecule has 15 heavy (non-hydrogen) atoms. The van der Waals surface area contributed by atoms with E-state index < -0.39 is 0 Å². The second kappa shape index (κ2) is 2.89. The average Bonchev–Trinajstić information content (AvgIpc) is 2.99. The molecular weight excluding hydrogens is 195 g/mol. The van der Waals surface area contributed by atoms with Gasteiger partial charge in [0, 0.05) is 6.04 Å². The topological polar surface area (TPSA) is 34.9 Å². The van der Waals surface area contributed by atoms with Crippen LogP contribution in [-0.2, 0) is 0 Å². The summed E-state index contributed by atoms with van der Waals surface area (Å²) in [6, 6.07) is 4.74. The summed E-state index contributed by atoms with van der Waals surface area (Å²) in [6.45, 7) is 0. The largest absolute Gasteiger partial charge is 0.319 e. The van der Waals surface area contributed by atoms with Crippen molar-refractivity contribution in [1.29, 1.82) is 0 Å². The number of nitrogens with zero attached hydrogens (tertiary/aromatic N) is 2. The molecule has 0 N–H and O–H groups in total. The highest BCUT2D eigenvalue weighted by Crippen LogP contribution is 2.38. The van der Waals surface area contributed by atoms with Crippen molar-refractivity contribution < 1.29 is 9.18 Å². The molecule has 0 radical (unpaired) electrons. The van der Waals surface area contributed by atoms with Gasteiger partial charge in [-0.15, -0.1) is 0 Å². The highest BCUT2D eigenvalue weighted by atomic mass is 19.1. The van der Waals surface area contributed by atoms with Crippen LogP contribution in [0.4, 0.5) is 4.39 Å². The van der Waals surface area contributed by atoms with Crippen molar-refractivity contribution in [2.24, 2.45) is 0 Å². The molecule has 1 aliphatic rings. The summed E-state index contributed by atoms with van der Waals surface area (Å²) < 4.78 is 14.9. The highest BCUT2D eigenvalue weighted by molar-refractivity contribution is 5.83. The van der Waals surface area contributed by atoms with Gasteiger partial charge in [-0.2, -0.15) is 0 Å². The lowest BCUT2D eigenvalue weighted by Gasteiger charge is -2.02. The molecule has 76 valence electrons. The van der Waals surface area contributed by atoms with Gasteiger partial charge in [-0.3, -0.25) is 4.79 Å². The Morgan fingerprint density at radius 1 is 1.47 bits per heavy atom. The van der Waals surface area contributed by atoms with Crippen LogP contribution in [0.25, 0.3) is 11.0 Å². The van der Waals surface area contributed by atoms with Gasteiger partial charge in [0.05, 0.1) is 11.0 Å². The number of aldehydes is 1. The number of fused-ring (bicyclic) bond motifs is 1. The van der Waals surface area contributed by atoms with Crippen LogP contribution in [0.2, 0.25) is 0 Å². The quantitative estimate of drug-likeness (QED) is 0.703. The predicted octanol–water partition coefficient (Wildman–Crippen LogP) is 2.32. The van der Waals surface area contributed by atoms with Gasteiger partial charge in [0.15, 0.2) is 12.1 Å². The van der Waals surface area contributed by atoms with Gasteiger partial charge in [0.2, 0.25) is 0 Å². The maximum Gasteiger partial charge on any atom is 0.185 e. The third-order valence-electron chi connectivity index (χ3n) is 2.70. The zero-order chi connectivity index (χ0) is 10.4. The monoisotopic (exact) mass is 204 g/mol. The standard InChI is InChI=1S/C11H9FN2O/c12-7-1-4-9-10(5-7)14(8-2-3-8)11(6-15)13-9/h1,4-6,8H,2-3H2. The highest BCUT2D eigenvalue weighted by Gasteiger charge is 2.28. The van der Waals surface area contributed by atoms with Crippen molar-refractivity contribution >= 4 is 17.3 Å². The van der Waals surface area contributed by atoms with Crippen LogP contribution in [0.5, 0.6) is 0 Å². The first-order valence-electron chi connectivity index (χ1n) is 4.92. The van der Waals surface area contributed by atoms with E-state index in [-0.39, 0.29) is 5.82 Å². The molecule has 1 aliphatic carbocycles. The fraction of sp³-hybridized carbons (Fsp3) is 0.273. The molecule has 0 atom stereocenters. The zero-order valence-electron chi connectivity index (χ0n) is 7.98. The van der Waals surface area contributed by atoms with Crippen LogP contribution < -0.4 is 0 Å². The number of halogens is 1. The van der Waals surface area contributed by atoms with E-state index in [1.807, 2.05) is 4.57 Å². The minimum Gasteiger partial charge on any atom is -0.319 e. The van der Waals surface area contributed by atoms with E-state index in [4.69, 9.17) is 0 Å². The summed E-state index contributed by atoms with van der Waals surface area (Å²) >= 11 is 0. The summed E-state index contributed by atoms with van der Waals surface area (Å²) in [7, 11) is 0. The Labute approximate surface area is 85.5 Å². The van der Waals surface area contributed by atoms with Crippen molar-refractivity contribution in [1.82, 2.24) is 9.55 Å². The minimum absolute atomic E-state index is 0.290. The summed E-state index contributed by atoms with van der Waals surface area (Å²) in [6.07, 6.45) is 2.82. The first kappa shape index (κ1) is 8.59. The number of imidazole rings is 1. The van der Waals surface area contributed by atoms with Gasteiger partial charge in [-0.05, 0) is 31.0 Å². The van der Waals surface area contributed by atoms with Gasteiger partial charge in [-0.1, -0.05) is 0 Å². The maximum atomic E-state index is 13.1. The Morgan fingerprint density at radius 3 is 2.93 bits per heavy atom. The van der Waals surface area contributed by atoms with Crippen LogP contribution in [0.3, 0.4) is 0 Å². The Morgan fingerprint density at radius 2 is 2.27 bits per heavy atom. The summed E-state index contributed by atoms with van der Waals surface area (Å²) in [5.74, 6) is 0.111. The van der Waals surface area contributed by atoms with E-state index in [2.05, 4.69) is 4.98 Å². The average molecular weight is 204 g/mol. The van der Waals surface area contributed by atoms with Crippen LogP contribution in [0, 0.1) is 5.82 Å². The van der Waals surface area contributed by atoms with Crippen LogP contribution in [0.15, 0.2) is 18.2 Å².